The molecule has 1 aliphatic carbocycles. The van der Waals surface area contributed by atoms with Crippen LogP contribution in [0.5, 0.6) is 23.0 Å². The molecule has 0 fully saturated rings. The van der Waals surface area contributed by atoms with Crippen LogP contribution >= 0.6 is 0 Å². The summed E-state index contributed by atoms with van der Waals surface area (Å²) in [7, 11) is 3.13. The minimum absolute atomic E-state index is 0.00403. The molecular weight excluding hydrogens is 344 g/mol. The third-order valence-corrected chi connectivity index (χ3v) is 5.29. The van der Waals surface area contributed by atoms with E-state index in [1.807, 2.05) is 36.4 Å². The van der Waals surface area contributed by atoms with Crippen molar-refractivity contribution in [3.63, 3.8) is 0 Å². The second-order valence-electron chi connectivity index (χ2n) is 6.71. The van der Waals surface area contributed by atoms with Gasteiger partial charge in [0.05, 0.1) is 30.7 Å². The normalized spacial score (nSPS) is 16.4. The molecule has 27 heavy (non-hydrogen) atoms. The van der Waals surface area contributed by atoms with Crippen molar-refractivity contribution in [2.45, 2.75) is 18.6 Å². The Morgan fingerprint density at radius 3 is 2.15 bits per heavy atom. The van der Waals surface area contributed by atoms with Crippen molar-refractivity contribution in [2.75, 3.05) is 14.2 Å². The molecule has 0 bridgehead atoms. The molecule has 0 amide bonds. The van der Waals surface area contributed by atoms with Gasteiger partial charge in [-0.05, 0) is 29.7 Å². The lowest BCUT2D eigenvalue weighted by Gasteiger charge is -2.42. The molecule has 5 heteroatoms. The number of benzene rings is 3. The predicted octanol–water partition coefficient (Wildman–Crippen LogP) is 4.46. The topological polar surface area (TPSA) is 54.0 Å². The van der Waals surface area contributed by atoms with Crippen LogP contribution in [0.2, 0.25) is 0 Å². The molecule has 3 aromatic carbocycles. The summed E-state index contributed by atoms with van der Waals surface area (Å²) in [5.74, 6) is 1.38. The van der Waals surface area contributed by atoms with E-state index in [1.165, 1.54) is 0 Å². The zero-order valence-electron chi connectivity index (χ0n) is 15.1. The van der Waals surface area contributed by atoms with Gasteiger partial charge in [0.1, 0.15) is 23.0 Å². The van der Waals surface area contributed by atoms with Crippen LogP contribution in [0.3, 0.4) is 0 Å². The number of carbonyl (C=O) groups is 1. The first-order valence-electron chi connectivity index (χ1n) is 8.85. The fourth-order valence-electron chi connectivity index (χ4n) is 4.11. The Labute approximate surface area is 156 Å². The number of ether oxygens (including phenoxy) is 4. The van der Waals surface area contributed by atoms with Crippen LogP contribution in [-0.2, 0) is 5.79 Å². The van der Waals surface area contributed by atoms with E-state index in [0.717, 1.165) is 22.3 Å². The number of Topliss-reactive ketones (excluding diaryl/α,β-unsaturated/α-hetero) is 1. The highest BCUT2D eigenvalue weighted by atomic mass is 16.7. The average molecular weight is 362 g/mol. The zero-order chi connectivity index (χ0) is 18.6. The van der Waals surface area contributed by atoms with E-state index in [0.29, 0.717) is 35.5 Å². The first-order chi connectivity index (χ1) is 13.2. The predicted molar refractivity (Wildman–Crippen MR) is 100.0 cm³/mol. The molecule has 0 unspecified atom stereocenters. The molecule has 2 aliphatic rings. The van der Waals surface area contributed by atoms with Crippen molar-refractivity contribution in [3.8, 4) is 23.0 Å². The highest BCUT2D eigenvalue weighted by Crippen LogP contribution is 2.52. The molecule has 0 aromatic heterocycles. The molecule has 1 heterocycles. The molecule has 3 aromatic rings. The number of methoxy groups -OCH3 is 2. The highest BCUT2D eigenvalue weighted by molar-refractivity contribution is 6.02. The van der Waals surface area contributed by atoms with Gasteiger partial charge in [-0.15, -0.1) is 0 Å². The summed E-state index contributed by atoms with van der Waals surface area (Å²) < 4.78 is 23.9. The minimum atomic E-state index is -1.13. The van der Waals surface area contributed by atoms with Gasteiger partial charge in [0.15, 0.2) is 5.78 Å². The van der Waals surface area contributed by atoms with E-state index >= 15 is 0 Å². The van der Waals surface area contributed by atoms with Gasteiger partial charge in [0.25, 0.3) is 5.79 Å². The number of ketones is 1. The van der Waals surface area contributed by atoms with Gasteiger partial charge >= 0.3 is 0 Å². The van der Waals surface area contributed by atoms with E-state index in [1.54, 1.807) is 26.4 Å². The van der Waals surface area contributed by atoms with Gasteiger partial charge in [-0.25, -0.2) is 0 Å². The molecule has 136 valence electrons. The first kappa shape index (κ1) is 16.0. The Morgan fingerprint density at radius 1 is 0.889 bits per heavy atom. The maximum absolute atomic E-state index is 12.7. The lowest BCUT2D eigenvalue weighted by Crippen LogP contribution is -2.45. The van der Waals surface area contributed by atoms with E-state index in [-0.39, 0.29) is 5.78 Å². The molecule has 0 N–H and O–H groups in total. The zero-order valence-corrected chi connectivity index (χ0v) is 15.1. The van der Waals surface area contributed by atoms with Gasteiger partial charge in [-0.2, -0.15) is 0 Å². The number of hydrogen-bond donors (Lipinski definition) is 0. The fraction of sp³-hybridized carbons (Fsp3) is 0.227. The van der Waals surface area contributed by atoms with Gasteiger partial charge in [0, 0.05) is 12.8 Å². The van der Waals surface area contributed by atoms with Crippen LogP contribution < -0.4 is 18.9 Å². The lowest BCUT2D eigenvalue weighted by molar-refractivity contribution is -0.136. The molecular formula is C22H18O5. The summed E-state index contributed by atoms with van der Waals surface area (Å²) in [4.78, 5) is 12.7. The number of hydrogen-bond acceptors (Lipinski definition) is 5. The largest absolute Gasteiger partial charge is 0.496 e. The standard InChI is InChI=1S/C22H18O5/c1-24-15-9-10-18(25-2)21-20(15)14(23)11-12-22(21)26-16-7-3-5-13-6-4-8-17(27-22)19(13)16/h3-10H,11-12H2,1-2H3. The summed E-state index contributed by atoms with van der Waals surface area (Å²) in [6, 6.07) is 15.3. The Bertz CT molecular complexity index is 1040. The van der Waals surface area contributed by atoms with Crippen LogP contribution in [0.1, 0.15) is 28.8 Å². The molecule has 1 aliphatic heterocycles. The Balaban J connectivity index is 1.79. The molecule has 0 radical (unpaired) electrons. The van der Waals surface area contributed by atoms with Gasteiger partial charge in [-0.1, -0.05) is 24.3 Å². The van der Waals surface area contributed by atoms with Crippen molar-refractivity contribution in [1.82, 2.24) is 0 Å². The average Bonchev–Trinajstić information content (AvgIpc) is 2.70. The van der Waals surface area contributed by atoms with E-state index < -0.39 is 5.79 Å². The van der Waals surface area contributed by atoms with Crippen molar-refractivity contribution >= 4 is 16.6 Å². The monoisotopic (exact) mass is 362 g/mol. The summed E-state index contributed by atoms with van der Waals surface area (Å²) in [6.07, 6.45) is 0.696. The first-order valence-corrected chi connectivity index (χ1v) is 8.85. The Hall–Kier alpha value is -3.21. The van der Waals surface area contributed by atoms with Crippen LogP contribution in [0, 0.1) is 0 Å². The van der Waals surface area contributed by atoms with Crippen LogP contribution in [0.25, 0.3) is 10.8 Å². The molecule has 0 saturated heterocycles. The fourth-order valence-corrected chi connectivity index (χ4v) is 4.11. The summed E-state index contributed by atoms with van der Waals surface area (Å²) in [5, 5.41) is 1.98. The SMILES string of the molecule is COc1ccc(OC)c2c1C(=O)CCC21Oc2cccc3cccc(c23)O1. The van der Waals surface area contributed by atoms with Crippen molar-refractivity contribution < 1.29 is 23.7 Å². The third-order valence-electron chi connectivity index (χ3n) is 5.29. The lowest BCUT2D eigenvalue weighted by atomic mass is 9.83. The van der Waals surface area contributed by atoms with Crippen molar-refractivity contribution in [1.29, 1.82) is 0 Å². The molecule has 5 nitrogen and oxygen atoms in total. The van der Waals surface area contributed by atoms with Crippen molar-refractivity contribution in [2.24, 2.45) is 0 Å². The Kier molecular flexibility index (Phi) is 3.34. The molecule has 0 saturated carbocycles. The van der Waals surface area contributed by atoms with E-state index in [4.69, 9.17) is 18.9 Å². The smallest absolute Gasteiger partial charge is 0.282 e. The summed E-state index contributed by atoms with van der Waals surface area (Å²) in [6.45, 7) is 0. The molecule has 0 atom stereocenters. The number of rotatable bonds is 2. The third kappa shape index (κ3) is 2.14. The maximum Gasteiger partial charge on any atom is 0.282 e. The highest BCUT2D eigenvalue weighted by Gasteiger charge is 2.50. The molecule has 1 spiro atoms. The second kappa shape index (κ2) is 5.64. The van der Waals surface area contributed by atoms with Crippen LogP contribution in [0.15, 0.2) is 48.5 Å². The van der Waals surface area contributed by atoms with Crippen molar-refractivity contribution in [3.05, 3.63) is 59.7 Å². The quantitative estimate of drug-likeness (QED) is 0.674. The van der Waals surface area contributed by atoms with E-state index in [9.17, 15) is 4.79 Å². The van der Waals surface area contributed by atoms with Crippen LogP contribution in [-0.4, -0.2) is 20.0 Å². The van der Waals surface area contributed by atoms with Crippen LogP contribution in [0.4, 0.5) is 0 Å². The van der Waals surface area contributed by atoms with E-state index in [2.05, 4.69) is 0 Å². The minimum Gasteiger partial charge on any atom is -0.496 e. The van der Waals surface area contributed by atoms with Gasteiger partial charge in [0.2, 0.25) is 0 Å². The Morgan fingerprint density at radius 2 is 1.52 bits per heavy atom. The second-order valence-corrected chi connectivity index (χ2v) is 6.71. The van der Waals surface area contributed by atoms with Gasteiger partial charge in [-0.3, -0.25) is 4.79 Å². The van der Waals surface area contributed by atoms with Gasteiger partial charge < -0.3 is 18.9 Å². The molecule has 5 rings (SSSR count). The number of carbonyl (C=O) groups excluding carboxylic acids is 1. The summed E-state index contributed by atoms with van der Waals surface area (Å²) >= 11 is 0. The number of fused-ring (bicyclic) bond motifs is 2. The summed E-state index contributed by atoms with van der Waals surface area (Å²) in [5.41, 5.74) is 1.06. The maximum atomic E-state index is 12.7.